The van der Waals surface area contributed by atoms with Crippen molar-refractivity contribution < 1.29 is 23.9 Å². The molecule has 1 aliphatic rings. The van der Waals surface area contributed by atoms with Gasteiger partial charge in [0.2, 0.25) is 0 Å². The number of carbonyl (C=O) groups is 3. The van der Waals surface area contributed by atoms with Gasteiger partial charge in [-0.3, -0.25) is 20.4 Å². The molecular weight excluding hydrogens is 524 g/mol. The van der Waals surface area contributed by atoms with E-state index in [1.807, 2.05) is 62.4 Å². The standard InChI is InChI=1S/C27H28N4O5S2/c1-5-31(6-2)25(33)22-15(3)20(26(34)35-4)24(38-22)28-27(37)30-29-23(32)21-16-11-7-9-13-18(16)36-19-14-10-8-12-17(19)21/h7-14,21H,5-6H2,1-4H3,(H,29,32)(H2,28,30,37). The van der Waals surface area contributed by atoms with E-state index in [0.29, 0.717) is 40.0 Å². The predicted octanol–water partition coefficient (Wildman–Crippen LogP) is 4.58. The molecule has 0 spiro atoms. The van der Waals surface area contributed by atoms with Gasteiger partial charge in [-0.1, -0.05) is 36.4 Å². The number of anilines is 1. The van der Waals surface area contributed by atoms with Crippen LogP contribution in [0.5, 0.6) is 11.5 Å². The van der Waals surface area contributed by atoms with E-state index < -0.39 is 11.9 Å². The number of fused-ring (bicyclic) bond motifs is 2. The Morgan fingerprint density at radius 3 is 2.13 bits per heavy atom. The van der Waals surface area contributed by atoms with Gasteiger partial charge in [-0.15, -0.1) is 11.3 Å². The molecule has 9 nitrogen and oxygen atoms in total. The molecule has 1 aliphatic heterocycles. The third-order valence-corrected chi connectivity index (χ3v) is 7.65. The average molecular weight is 553 g/mol. The number of amides is 2. The van der Waals surface area contributed by atoms with Gasteiger partial charge in [-0.05, 0) is 50.7 Å². The van der Waals surface area contributed by atoms with Crippen LogP contribution in [0.1, 0.15) is 56.5 Å². The van der Waals surface area contributed by atoms with Gasteiger partial charge in [0.25, 0.3) is 11.8 Å². The molecule has 0 atom stereocenters. The zero-order valence-electron chi connectivity index (χ0n) is 21.4. The van der Waals surface area contributed by atoms with Crippen molar-refractivity contribution in [2.75, 3.05) is 25.5 Å². The quantitative estimate of drug-likeness (QED) is 0.232. The van der Waals surface area contributed by atoms with Gasteiger partial charge in [-0.25, -0.2) is 4.79 Å². The number of hydrazine groups is 1. The summed E-state index contributed by atoms with van der Waals surface area (Å²) in [6.45, 7) is 6.55. The smallest absolute Gasteiger partial charge is 0.341 e. The lowest BCUT2D eigenvalue weighted by Crippen LogP contribution is -2.46. The summed E-state index contributed by atoms with van der Waals surface area (Å²) in [6, 6.07) is 14.7. The molecule has 0 saturated heterocycles. The van der Waals surface area contributed by atoms with Crippen molar-refractivity contribution in [2.24, 2.45) is 0 Å². The van der Waals surface area contributed by atoms with Crippen LogP contribution in [0.2, 0.25) is 0 Å². The first-order chi connectivity index (χ1) is 18.3. The summed E-state index contributed by atoms with van der Waals surface area (Å²) in [6.07, 6.45) is 0. The van der Waals surface area contributed by atoms with Gasteiger partial charge in [0.1, 0.15) is 16.5 Å². The second-order valence-corrected chi connectivity index (χ2v) is 9.84. The van der Waals surface area contributed by atoms with Crippen LogP contribution in [0.3, 0.4) is 0 Å². The highest BCUT2D eigenvalue weighted by Gasteiger charge is 2.33. The van der Waals surface area contributed by atoms with E-state index in [1.54, 1.807) is 11.8 Å². The van der Waals surface area contributed by atoms with Crippen LogP contribution in [-0.2, 0) is 9.53 Å². The normalized spacial score (nSPS) is 11.9. The SMILES string of the molecule is CCN(CC)C(=O)c1sc(NC(=S)NNC(=O)C2c3ccccc3Oc3ccccc32)c(C(=O)OC)c1C. The molecule has 2 amide bonds. The third-order valence-electron chi connectivity index (χ3n) is 6.25. The van der Waals surface area contributed by atoms with Gasteiger partial charge >= 0.3 is 5.97 Å². The number of esters is 1. The van der Waals surface area contributed by atoms with Crippen LogP contribution in [0.15, 0.2) is 48.5 Å². The van der Waals surface area contributed by atoms with Gasteiger partial charge in [0, 0.05) is 24.2 Å². The summed E-state index contributed by atoms with van der Waals surface area (Å²) in [5.41, 5.74) is 7.56. The maximum atomic E-state index is 13.4. The van der Waals surface area contributed by atoms with Gasteiger partial charge < -0.3 is 19.7 Å². The molecule has 0 saturated carbocycles. The lowest BCUT2D eigenvalue weighted by molar-refractivity contribution is -0.122. The Morgan fingerprint density at radius 1 is 1.00 bits per heavy atom. The van der Waals surface area contributed by atoms with Gasteiger partial charge in [-0.2, -0.15) is 0 Å². The largest absolute Gasteiger partial charge is 0.465 e. The molecule has 3 N–H and O–H groups in total. The molecule has 198 valence electrons. The summed E-state index contributed by atoms with van der Waals surface area (Å²) in [7, 11) is 1.27. The second kappa shape index (κ2) is 11.6. The number of carbonyl (C=O) groups excluding carboxylic acids is 3. The van der Waals surface area contributed by atoms with Crippen molar-refractivity contribution in [3.8, 4) is 11.5 Å². The fourth-order valence-electron chi connectivity index (χ4n) is 4.33. The number of methoxy groups -OCH3 is 1. The minimum absolute atomic E-state index is 0.0419. The van der Waals surface area contributed by atoms with Crippen LogP contribution in [0.25, 0.3) is 0 Å². The average Bonchev–Trinajstić information content (AvgIpc) is 3.25. The minimum atomic E-state index is -0.626. The van der Waals surface area contributed by atoms with E-state index in [4.69, 9.17) is 21.7 Å². The lowest BCUT2D eigenvalue weighted by Gasteiger charge is -2.27. The highest BCUT2D eigenvalue weighted by Crippen LogP contribution is 2.43. The predicted molar refractivity (Wildman–Crippen MR) is 150 cm³/mol. The Labute approximate surface area is 230 Å². The fraction of sp³-hybridized carbons (Fsp3) is 0.259. The molecule has 1 aromatic heterocycles. The van der Waals surface area contributed by atoms with Crippen molar-refractivity contribution in [3.05, 3.63) is 75.7 Å². The zero-order chi connectivity index (χ0) is 27.4. The number of benzene rings is 2. The number of nitrogens with zero attached hydrogens (tertiary/aromatic N) is 1. The summed E-state index contributed by atoms with van der Waals surface area (Å²) in [4.78, 5) is 41.0. The second-order valence-electron chi connectivity index (χ2n) is 8.41. The Morgan fingerprint density at radius 2 is 1.58 bits per heavy atom. The van der Waals surface area contributed by atoms with Crippen LogP contribution in [-0.4, -0.2) is 48.0 Å². The highest BCUT2D eigenvalue weighted by molar-refractivity contribution is 7.80. The molecule has 3 aromatic rings. The number of para-hydroxylation sites is 2. The molecule has 0 bridgehead atoms. The molecule has 11 heteroatoms. The van der Waals surface area contributed by atoms with E-state index in [2.05, 4.69) is 16.2 Å². The topological polar surface area (TPSA) is 109 Å². The first-order valence-corrected chi connectivity index (χ1v) is 13.3. The van der Waals surface area contributed by atoms with Crippen molar-refractivity contribution in [3.63, 3.8) is 0 Å². The Bertz CT molecular complexity index is 1350. The Kier molecular flexibility index (Phi) is 8.28. The Balaban J connectivity index is 1.53. The molecule has 0 radical (unpaired) electrons. The third kappa shape index (κ3) is 5.20. The van der Waals surface area contributed by atoms with Crippen LogP contribution < -0.4 is 20.9 Å². The number of thiocarbonyl (C=S) groups is 1. The number of ether oxygens (including phenoxy) is 2. The van der Waals surface area contributed by atoms with E-state index in [1.165, 1.54) is 7.11 Å². The highest BCUT2D eigenvalue weighted by atomic mass is 32.1. The van der Waals surface area contributed by atoms with Crippen LogP contribution >= 0.6 is 23.6 Å². The lowest BCUT2D eigenvalue weighted by atomic mass is 9.87. The van der Waals surface area contributed by atoms with Crippen molar-refractivity contribution >= 4 is 51.5 Å². The number of hydrogen-bond donors (Lipinski definition) is 3. The van der Waals surface area contributed by atoms with Crippen LogP contribution in [0, 0.1) is 6.92 Å². The molecule has 0 aliphatic carbocycles. The van der Waals surface area contributed by atoms with E-state index in [-0.39, 0.29) is 22.5 Å². The molecule has 2 aromatic carbocycles. The fourth-order valence-corrected chi connectivity index (χ4v) is 5.71. The summed E-state index contributed by atoms with van der Waals surface area (Å²) in [5, 5.41) is 3.33. The zero-order valence-corrected chi connectivity index (χ0v) is 23.0. The first-order valence-electron chi connectivity index (χ1n) is 12.0. The number of thiophene rings is 1. The summed E-state index contributed by atoms with van der Waals surface area (Å²) in [5.74, 6) is -0.532. The van der Waals surface area contributed by atoms with Gasteiger partial charge in [0.15, 0.2) is 5.11 Å². The molecule has 0 unspecified atom stereocenters. The molecular formula is C27H28N4O5S2. The maximum absolute atomic E-state index is 13.4. The van der Waals surface area contributed by atoms with Crippen molar-refractivity contribution in [1.29, 1.82) is 0 Å². The number of nitrogens with one attached hydrogen (secondary N) is 3. The molecule has 0 fully saturated rings. The maximum Gasteiger partial charge on any atom is 0.341 e. The van der Waals surface area contributed by atoms with Crippen LogP contribution in [0.4, 0.5) is 5.00 Å². The number of hydrogen-bond acceptors (Lipinski definition) is 7. The van der Waals surface area contributed by atoms with E-state index in [0.717, 1.165) is 22.5 Å². The monoisotopic (exact) mass is 552 g/mol. The summed E-state index contributed by atoms with van der Waals surface area (Å²) >= 11 is 6.52. The molecule has 2 heterocycles. The first kappa shape index (κ1) is 27.1. The van der Waals surface area contributed by atoms with Crippen molar-refractivity contribution in [1.82, 2.24) is 15.8 Å². The minimum Gasteiger partial charge on any atom is -0.465 e. The number of rotatable bonds is 6. The molecule has 38 heavy (non-hydrogen) atoms. The van der Waals surface area contributed by atoms with Gasteiger partial charge in [0.05, 0.1) is 23.5 Å². The van der Waals surface area contributed by atoms with Crippen molar-refractivity contribution in [2.45, 2.75) is 26.7 Å². The Hall–Kier alpha value is -3.96. The van der Waals surface area contributed by atoms with E-state index >= 15 is 0 Å². The molecule has 4 rings (SSSR count). The summed E-state index contributed by atoms with van der Waals surface area (Å²) < 4.78 is 10.9. The van der Waals surface area contributed by atoms with E-state index in [9.17, 15) is 14.4 Å².